The Morgan fingerprint density at radius 3 is 2.45 bits per heavy atom. The van der Waals surface area contributed by atoms with Gasteiger partial charge >= 0.3 is 5.97 Å². The van der Waals surface area contributed by atoms with Crippen molar-refractivity contribution in [1.29, 1.82) is 0 Å². The molecular formula is C17H20O3. The molecule has 0 heterocycles. The van der Waals surface area contributed by atoms with Crippen molar-refractivity contribution in [3.63, 3.8) is 0 Å². The fourth-order valence-electron chi connectivity index (χ4n) is 3.78. The van der Waals surface area contributed by atoms with E-state index in [4.69, 9.17) is 4.74 Å². The summed E-state index contributed by atoms with van der Waals surface area (Å²) >= 11 is 0. The molecule has 0 aromatic heterocycles. The first kappa shape index (κ1) is 13.3. The van der Waals surface area contributed by atoms with E-state index >= 15 is 0 Å². The Morgan fingerprint density at radius 1 is 1.15 bits per heavy atom. The average molecular weight is 272 g/mol. The molecule has 0 radical (unpaired) electrons. The zero-order chi connectivity index (χ0) is 14.3. The second-order valence-electron chi connectivity index (χ2n) is 6.58. The molecule has 0 amide bonds. The van der Waals surface area contributed by atoms with Gasteiger partial charge in [0, 0.05) is 11.5 Å². The standard InChI is InChI=1S/C17H20O3/c1-17(2)12-8-9-14(13(17)10-12)20-16(19)15(18)11-6-4-3-5-7-11/h3-7,12-14H,8-10H2,1-2H3/t12-,13-,14-/m0/s1. The molecular weight excluding hydrogens is 252 g/mol. The van der Waals surface area contributed by atoms with E-state index in [1.165, 1.54) is 0 Å². The van der Waals surface area contributed by atoms with Gasteiger partial charge in [-0.25, -0.2) is 4.79 Å². The van der Waals surface area contributed by atoms with Crippen molar-refractivity contribution in [1.82, 2.24) is 0 Å². The van der Waals surface area contributed by atoms with Gasteiger partial charge in [0.25, 0.3) is 5.78 Å². The fraction of sp³-hybridized carbons (Fsp3) is 0.529. The van der Waals surface area contributed by atoms with Gasteiger partial charge in [0.1, 0.15) is 6.10 Å². The minimum atomic E-state index is -0.706. The highest BCUT2D eigenvalue weighted by Crippen LogP contribution is 2.59. The molecule has 4 rings (SSSR count). The van der Waals surface area contributed by atoms with E-state index in [1.54, 1.807) is 24.3 Å². The number of benzene rings is 1. The molecule has 20 heavy (non-hydrogen) atoms. The highest BCUT2D eigenvalue weighted by atomic mass is 16.5. The first-order valence-corrected chi connectivity index (χ1v) is 7.30. The van der Waals surface area contributed by atoms with Crippen LogP contribution in [0.1, 0.15) is 43.5 Å². The molecule has 1 aromatic carbocycles. The van der Waals surface area contributed by atoms with Crippen LogP contribution < -0.4 is 0 Å². The Hall–Kier alpha value is -1.64. The molecule has 1 aromatic rings. The van der Waals surface area contributed by atoms with Gasteiger partial charge in [-0.05, 0) is 30.6 Å². The molecule has 0 N–H and O–H groups in total. The van der Waals surface area contributed by atoms with Crippen LogP contribution in [-0.2, 0) is 9.53 Å². The number of carbonyl (C=O) groups is 2. The van der Waals surface area contributed by atoms with E-state index < -0.39 is 11.8 Å². The number of hydrogen-bond donors (Lipinski definition) is 0. The number of ether oxygens (including phenoxy) is 1. The lowest BCUT2D eigenvalue weighted by molar-refractivity contribution is -0.177. The molecule has 3 atom stereocenters. The van der Waals surface area contributed by atoms with Crippen LogP contribution in [0.15, 0.2) is 30.3 Å². The summed E-state index contributed by atoms with van der Waals surface area (Å²) in [5.41, 5.74) is 0.651. The molecule has 106 valence electrons. The molecule has 2 bridgehead atoms. The average Bonchev–Trinajstić information content (AvgIpc) is 2.47. The van der Waals surface area contributed by atoms with Gasteiger partial charge in [-0.2, -0.15) is 0 Å². The smallest absolute Gasteiger partial charge is 0.379 e. The fourth-order valence-corrected chi connectivity index (χ4v) is 3.78. The number of esters is 1. The van der Waals surface area contributed by atoms with Crippen LogP contribution in [0, 0.1) is 17.3 Å². The van der Waals surface area contributed by atoms with Gasteiger partial charge in [0.05, 0.1) is 0 Å². The van der Waals surface area contributed by atoms with Crippen LogP contribution in [0.3, 0.4) is 0 Å². The van der Waals surface area contributed by atoms with E-state index in [0.717, 1.165) is 25.2 Å². The van der Waals surface area contributed by atoms with Crippen molar-refractivity contribution in [2.75, 3.05) is 0 Å². The Kier molecular flexibility index (Phi) is 3.15. The Balaban J connectivity index is 1.66. The number of hydrogen-bond acceptors (Lipinski definition) is 3. The van der Waals surface area contributed by atoms with Crippen LogP contribution in [0.2, 0.25) is 0 Å². The highest BCUT2D eigenvalue weighted by Gasteiger charge is 2.55. The van der Waals surface area contributed by atoms with E-state index in [2.05, 4.69) is 13.8 Å². The van der Waals surface area contributed by atoms with Gasteiger partial charge in [0.15, 0.2) is 0 Å². The molecule has 3 saturated carbocycles. The van der Waals surface area contributed by atoms with Crippen LogP contribution in [-0.4, -0.2) is 17.9 Å². The Bertz CT molecular complexity index is 530. The van der Waals surface area contributed by atoms with Crippen molar-refractivity contribution in [3.8, 4) is 0 Å². The normalized spacial score (nSPS) is 30.2. The first-order chi connectivity index (χ1) is 9.50. The predicted octanol–water partition coefficient (Wildman–Crippen LogP) is 3.24. The van der Waals surface area contributed by atoms with E-state index in [1.807, 2.05) is 6.07 Å². The Labute approximate surface area is 119 Å². The zero-order valence-electron chi connectivity index (χ0n) is 12.0. The lowest BCUT2D eigenvalue weighted by atomic mass is 9.48. The summed E-state index contributed by atoms with van der Waals surface area (Å²) in [4.78, 5) is 24.0. The second kappa shape index (κ2) is 4.72. The van der Waals surface area contributed by atoms with Gasteiger partial charge in [0.2, 0.25) is 0 Å². The molecule has 3 aliphatic carbocycles. The van der Waals surface area contributed by atoms with Crippen LogP contribution >= 0.6 is 0 Å². The highest BCUT2D eigenvalue weighted by molar-refractivity contribution is 6.40. The number of ketones is 1. The predicted molar refractivity (Wildman–Crippen MR) is 75.3 cm³/mol. The summed E-state index contributed by atoms with van der Waals surface area (Å²) < 4.78 is 5.50. The third-order valence-corrected chi connectivity index (χ3v) is 5.27. The summed E-state index contributed by atoms with van der Waals surface area (Å²) in [6.07, 6.45) is 3.04. The second-order valence-corrected chi connectivity index (χ2v) is 6.58. The minimum absolute atomic E-state index is 0.0878. The van der Waals surface area contributed by atoms with Crippen LogP contribution in [0.25, 0.3) is 0 Å². The quantitative estimate of drug-likeness (QED) is 0.482. The van der Waals surface area contributed by atoms with Crippen molar-refractivity contribution < 1.29 is 14.3 Å². The van der Waals surface area contributed by atoms with Crippen LogP contribution in [0.5, 0.6) is 0 Å². The van der Waals surface area contributed by atoms with Crippen molar-refractivity contribution in [2.45, 2.75) is 39.2 Å². The van der Waals surface area contributed by atoms with Gasteiger partial charge < -0.3 is 4.74 Å². The third-order valence-electron chi connectivity index (χ3n) is 5.27. The van der Waals surface area contributed by atoms with Crippen molar-refractivity contribution in [3.05, 3.63) is 35.9 Å². The lowest BCUT2D eigenvalue weighted by Crippen LogP contribution is -2.56. The Morgan fingerprint density at radius 2 is 1.85 bits per heavy atom. The molecule has 3 heteroatoms. The first-order valence-electron chi connectivity index (χ1n) is 7.30. The van der Waals surface area contributed by atoms with Crippen LogP contribution in [0.4, 0.5) is 0 Å². The molecule has 3 aliphatic rings. The van der Waals surface area contributed by atoms with E-state index in [-0.39, 0.29) is 11.5 Å². The summed E-state index contributed by atoms with van der Waals surface area (Å²) in [7, 11) is 0. The van der Waals surface area contributed by atoms with Crippen molar-refractivity contribution >= 4 is 11.8 Å². The SMILES string of the molecule is CC1(C)[C@H]2CC[C@H](OC(=O)C(=O)c3ccccc3)[C@@H]1C2. The van der Waals surface area contributed by atoms with E-state index in [0.29, 0.717) is 11.5 Å². The third kappa shape index (κ3) is 2.05. The maximum Gasteiger partial charge on any atom is 0.379 e. The summed E-state index contributed by atoms with van der Waals surface area (Å²) in [6, 6.07) is 8.61. The van der Waals surface area contributed by atoms with E-state index in [9.17, 15) is 9.59 Å². The number of rotatable bonds is 3. The number of Topliss-reactive ketones (excluding diaryl/α,β-unsaturated/α-hetero) is 1. The molecule has 0 saturated heterocycles. The molecule has 3 nitrogen and oxygen atoms in total. The van der Waals surface area contributed by atoms with Gasteiger partial charge in [-0.1, -0.05) is 44.2 Å². The monoisotopic (exact) mass is 272 g/mol. The lowest BCUT2D eigenvalue weighted by Gasteiger charge is -2.59. The zero-order valence-corrected chi connectivity index (χ0v) is 12.0. The molecule has 0 unspecified atom stereocenters. The van der Waals surface area contributed by atoms with Gasteiger partial charge in [-0.3, -0.25) is 4.79 Å². The maximum atomic E-state index is 12.0. The topological polar surface area (TPSA) is 43.4 Å². The minimum Gasteiger partial charge on any atom is -0.456 e. The summed E-state index contributed by atoms with van der Waals surface area (Å²) in [5, 5.41) is 0. The van der Waals surface area contributed by atoms with Gasteiger partial charge in [-0.15, -0.1) is 0 Å². The summed E-state index contributed by atoms with van der Waals surface area (Å²) in [6.45, 7) is 4.48. The van der Waals surface area contributed by atoms with Crippen molar-refractivity contribution in [2.24, 2.45) is 17.3 Å². The number of fused-ring (bicyclic) bond motifs is 2. The molecule has 0 aliphatic heterocycles. The molecule has 0 spiro atoms. The number of carbonyl (C=O) groups excluding carboxylic acids is 2. The largest absolute Gasteiger partial charge is 0.456 e. The molecule has 3 fully saturated rings. The summed E-state index contributed by atoms with van der Waals surface area (Å²) in [5.74, 6) is -0.0757. The maximum absolute atomic E-state index is 12.0.